The van der Waals surface area contributed by atoms with E-state index >= 15 is 0 Å². The van der Waals surface area contributed by atoms with Crippen molar-refractivity contribution in [3.05, 3.63) is 46.6 Å². The number of anilines is 1. The SMILES string of the molecule is Cc1ncccc1CNc1nc(Cl)ncc1C(N)=O. The van der Waals surface area contributed by atoms with Crippen LogP contribution >= 0.6 is 11.6 Å². The number of nitrogens with zero attached hydrogens (tertiary/aromatic N) is 3. The highest BCUT2D eigenvalue weighted by Crippen LogP contribution is 2.15. The van der Waals surface area contributed by atoms with E-state index in [1.54, 1.807) is 6.20 Å². The van der Waals surface area contributed by atoms with E-state index in [4.69, 9.17) is 17.3 Å². The molecule has 1 amide bonds. The number of amides is 1. The first-order valence-electron chi connectivity index (χ1n) is 5.54. The molecule has 6 nitrogen and oxygen atoms in total. The minimum absolute atomic E-state index is 0.0513. The molecule has 3 N–H and O–H groups in total. The van der Waals surface area contributed by atoms with E-state index in [0.717, 1.165) is 11.3 Å². The van der Waals surface area contributed by atoms with Gasteiger partial charge in [-0.15, -0.1) is 0 Å². The molecule has 0 spiro atoms. The minimum atomic E-state index is -0.609. The number of hydrogen-bond acceptors (Lipinski definition) is 5. The molecule has 0 bridgehead atoms. The van der Waals surface area contributed by atoms with Crippen LogP contribution in [0, 0.1) is 6.92 Å². The van der Waals surface area contributed by atoms with E-state index in [0.29, 0.717) is 12.4 Å². The zero-order valence-corrected chi connectivity index (χ0v) is 11.0. The maximum atomic E-state index is 11.3. The molecule has 0 aliphatic carbocycles. The Kier molecular flexibility index (Phi) is 3.91. The van der Waals surface area contributed by atoms with Crippen molar-refractivity contribution in [2.24, 2.45) is 5.73 Å². The van der Waals surface area contributed by atoms with Gasteiger partial charge in [0.15, 0.2) is 0 Å². The second-order valence-electron chi connectivity index (χ2n) is 3.87. The first kappa shape index (κ1) is 13.2. The van der Waals surface area contributed by atoms with Crippen molar-refractivity contribution in [1.29, 1.82) is 0 Å². The van der Waals surface area contributed by atoms with Crippen molar-refractivity contribution in [2.45, 2.75) is 13.5 Å². The molecule has 0 radical (unpaired) electrons. The third-order valence-electron chi connectivity index (χ3n) is 2.59. The average Bonchev–Trinajstić information content (AvgIpc) is 2.37. The van der Waals surface area contributed by atoms with Crippen LogP contribution in [0.15, 0.2) is 24.5 Å². The van der Waals surface area contributed by atoms with Gasteiger partial charge in [-0.2, -0.15) is 4.98 Å². The van der Waals surface area contributed by atoms with Crippen molar-refractivity contribution in [3.63, 3.8) is 0 Å². The number of nitrogens with one attached hydrogen (secondary N) is 1. The van der Waals surface area contributed by atoms with Gasteiger partial charge in [-0.1, -0.05) is 6.07 Å². The molecule has 7 heteroatoms. The molecule has 19 heavy (non-hydrogen) atoms. The summed E-state index contributed by atoms with van der Waals surface area (Å²) in [6.07, 6.45) is 3.02. The molecule has 0 saturated carbocycles. The van der Waals surface area contributed by atoms with Crippen LogP contribution in [-0.2, 0) is 6.54 Å². The Bertz CT molecular complexity index is 617. The molecule has 0 aromatic carbocycles. The van der Waals surface area contributed by atoms with Crippen molar-refractivity contribution < 1.29 is 4.79 Å². The Balaban J connectivity index is 2.22. The number of aromatic nitrogens is 3. The van der Waals surface area contributed by atoms with Crippen LogP contribution in [0.3, 0.4) is 0 Å². The number of primary amides is 1. The zero-order valence-electron chi connectivity index (χ0n) is 10.2. The maximum Gasteiger partial charge on any atom is 0.254 e. The summed E-state index contributed by atoms with van der Waals surface area (Å²) < 4.78 is 0. The van der Waals surface area contributed by atoms with Gasteiger partial charge in [0, 0.05) is 24.6 Å². The lowest BCUT2D eigenvalue weighted by atomic mass is 10.2. The molecular weight excluding hydrogens is 266 g/mol. The van der Waals surface area contributed by atoms with Crippen LogP contribution < -0.4 is 11.1 Å². The number of carbonyl (C=O) groups is 1. The lowest BCUT2D eigenvalue weighted by molar-refractivity contribution is 0.100. The fourth-order valence-electron chi connectivity index (χ4n) is 1.56. The first-order valence-corrected chi connectivity index (χ1v) is 5.92. The molecule has 0 unspecified atom stereocenters. The monoisotopic (exact) mass is 277 g/mol. The van der Waals surface area contributed by atoms with Gasteiger partial charge < -0.3 is 11.1 Å². The van der Waals surface area contributed by atoms with E-state index in [-0.39, 0.29) is 10.8 Å². The van der Waals surface area contributed by atoms with Gasteiger partial charge in [0.25, 0.3) is 5.91 Å². The van der Waals surface area contributed by atoms with E-state index in [1.165, 1.54) is 6.20 Å². The zero-order chi connectivity index (χ0) is 13.8. The molecular formula is C12H12ClN5O. The van der Waals surface area contributed by atoms with Gasteiger partial charge in [-0.3, -0.25) is 9.78 Å². The number of halogens is 1. The molecule has 2 heterocycles. The average molecular weight is 278 g/mol. The highest BCUT2D eigenvalue weighted by Gasteiger charge is 2.11. The van der Waals surface area contributed by atoms with E-state index < -0.39 is 5.91 Å². The standard InChI is InChI=1S/C12H12ClN5O/c1-7-8(3-2-4-15-7)5-16-11-9(10(14)19)6-17-12(13)18-11/h2-4,6H,5H2,1H3,(H2,14,19)(H,16,17,18). The van der Waals surface area contributed by atoms with Crippen LogP contribution in [0.5, 0.6) is 0 Å². The van der Waals surface area contributed by atoms with Crippen molar-refractivity contribution in [3.8, 4) is 0 Å². The fourth-order valence-corrected chi connectivity index (χ4v) is 1.69. The molecule has 0 aliphatic heterocycles. The van der Waals surface area contributed by atoms with Crippen LogP contribution in [0.2, 0.25) is 5.28 Å². The van der Waals surface area contributed by atoms with Crippen molar-refractivity contribution in [1.82, 2.24) is 15.0 Å². The van der Waals surface area contributed by atoms with Crippen molar-refractivity contribution in [2.75, 3.05) is 5.32 Å². The van der Waals surface area contributed by atoms with E-state index in [9.17, 15) is 4.79 Å². The number of pyridine rings is 1. The predicted molar refractivity (Wildman–Crippen MR) is 71.9 cm³/mol. The van der Waals surface area contributed by atoms with Gasteiger partial charge in [0.05, 0.1) is 5.56 Å². The van der Waals surface area contributed by atoms with E-state index in [1.807, 2.05) is 19.1 Å². The maximum absolute atomic E-state index is 11.3. The number of carbonyl (C=O) groups excluding carboxylic acids is 1. The Morgan fingerprint density at radius 1 is 1.47 bits per heavy atom. The van der Waals surface area contributed by atoms with Crippen LogP contribution in [0.1, 0.15) is 21.6 Å². The fraction of sp³-hybridized carbons (Fsp3) is 0.167. The second-order valence-corrected chi connectivity index (χ2v) is 4.21. The summed E-state index contributed by atoms with van der Waals surface area (Å²) in [5.41, 5.74) is 7.34. The van der Waals surface area contributed by atoms with Gasteiger partial charge >= 0.3 is 0 Å². The molecule has 2 rings (SSSR count). The number of hydrogen-bond donors (Lipinski definition) is 2. The Labute approximate surface area is 115 Å². The smallest absolute Gasteiger partial charge is 0.254 e. The molecule has 2 aromatic rings. The molecule has 0 fully saturated rings. The Hall–Kier alpha value is -2.21. The normalized spacial score (nSPS) is 10.2. The van der Waals surface area contributed by atoms with Gasteiger partial charge in [-0.05, 0) is 30.2 Å². The number of rotatable bonds is 4. The van der Waals surface area contributed by atoms with Gasteiger partial charge in [0.2, 0.25) is 5.28 Å². The molecule has 2 aromatic heterocycles. The van der Waals surface area contributed by atoms with Crippen LogP contribution in [0.4, 0.5) is 5.82 Å². The summed E-state index contributed by atoms with van der Waals surface area (Å²) >= 11 is 5.71. The summed E-state index contributed by atoms with van der Waals surface area (Å²) in [6.45, 7) is 2.37. The largest absolute Gasteiger partial charge is 0.365 e. The molecule has 98 valence electrons. The van der Waals surface area contributed by atoms with Gasteiger partial charge in [-0.25, -0.2) is 4.98 Å². The summed E-state index contributed by atoms with van der Waals surface area (Å²) in [4.78, 5) is 23.1. The second kappa shape index (κ2) is 5.62. The Morgan fingerprint density at radius 3 is 2.95 bits per heavy atom. The van der Waals surface area contributed by atoms with Crippen molar-refractivity contribution >= 4 is 23.3 Å². The summed E-state index contributed by atoms with van der Waals surface area (Å²) in [6, 6.07) is 3.77. The highest BCUT2D eigenvalue weighted by atomic mass is 35.5. The van der Waals surface area contributed by atoms with Crippen LogP contribution in [-0.4, -0.2) is 20.9 Å². The first-order chi connectivity index (χ1) is 9.08. The third kappa shape index (κ3) is 3.17. The summed E-state index contributed by atoms with van der Waals surface area (Å²) in [7, 11) is 0. The minimum Gasteiger partial charge on any atom is -0.365 e. The lowest BCUT2D eigenvalue weighted by Crippen LogP contribution is -2.16. The lowest BCUT2D eigenvalue weighted by Gasteiger charge is -2.10. The number of nitrogens with two attached hydrogens (primary N) is 1. The molecule has 0 aliphatic rings. The third-order valence-corrected chi connectivity index (χ3v) is 2.77. The predicted octanol–water partition coefficient (Wildman–Crippen LogP) is 1.54. The van der Waals surface area contributed by atoms with Gasteiger partial charge in [0.1, 0.15) is 5.82 Å². The summed E-state index contributed by atoms with van der Waals surface area (Å²) in [5, 5.41) is 3.07. The molecule has 0 saturated heterocycles. The Morgan fingerprint density at radius 2 is 2.26 bits per heavy atom. The summed E-state index contributed by atoms with van der Waals surface area (Å²) in [5.74, 6) is -0.294. The quantitative estimate of drug-likeness (QED) is 0.827. The topological polar surface area (TPSA) is 93.8 Å². The highest BCUT2D eigenvalue weighted by molar-refractivity contribution is 6.28. The van der Waals surface area contributed by atoms with Crippen LogP contribution in [0.25, 0.3) is 0 Å². The number of aryl methyl sites for hydroxylation is 1. The molecule has 0 atom stereocenters. The van der Waals surface area contributed by atoms with E-state index in [2.05, 4.69) is 20.3 Å².